The average molecular weight is 173 g/mol. The van der Waals surface area contributed by atoms with E-state index in [4.69, 9.17) is 9.76 Å². The monoisotopic (exact) mass is 173 g/mol. The molecular formula is C6H12BNO4. The summed E-state index contributed by atoms with van der Waals surface area (Å²) < 4.78 is 9.44. The summed E-state index contributed by atoms with van der Waals surface area (Å²) >= 11 is 0. The second kappa shape index (κ2) is 3.89. The zero-order chi connectivity index (χ0) is 9.14. The van der Waals surface area contributed by atoms with Crippen LogP contribution in [0.5, 0.6) is 0 Å². The lowest BCUT2D eigenvalue weighted by molar-refractivity contribution is -0.143. The SMILES string of the molecule is COC(=O)[C@@H](NB(C)O)[C@@H]1CO1. The van der Waals surface area contributed by atoms with E-state index in [0.717, 1.165) is 0 Å². The lowest BCUT2D eigenvalue weighted by atomic mass is 9.87. The summed E-state index contributed by atoms with van der Waals surface area (Å²) in [5.74, 6) is -0.404. The van der Waals surface area contributed by atoms with Crippen molar-refractivity contribution in [2.45, 2.75) is 19.0 Å². The van der Waals surface area contributed by atoms with Crippen LogP contribution in [0, 0.1) is 0 Å². The van der Waals surface area contributed by atoms with Gasteiger partial charge < -0.3 is 19.7 Å². The third kappa shape index (κ3) is 2.47. The summed E-state index contributed by atoms with van der Waals surface area (Å²) in [4.78, 5) is 11.1. The Morgan fingerprint density at radius 3 is 2.83 bits per heavy atom. The minimum absolute atomic E-state index is 0.146. The van der Waals surface area contributed by atoms with Crippen LogP contribution in [0.25, 0.3) is 0 Å². The molecule has 0 aliphatic carbocycles. The molecule has 0 aromatic carbocycles. The van der Waals surface area contributed by atoms with Gasteiger partial charge in [-0.05, 0) is 6.82 Å². The molecule has 6 heteroatoms. The first-order valence-corrected chi connectivity index (χ1v) is 3.78. The number of epoxide rings is 1. The van der Waals surface area contributed by atoms with E-state index in [2.05, 4.69) is 9.96 Å². The number of rotatable bonds is 4. The third-order valence-corrected chi connectivity index (χ3v) is 1.61. The molecule has 1 heterocycles. The van der Waals surface area contributed by atoms with Crippen molar-refractivity contribution in [3.63, 3.8) is 0 Å². The van der Waals surface area contributed by atoms with Crippen LogP contribution < -0.4 is 5.23 Å². The molecule has 0 radical (unpaired) electrons. The number of ether oxygens (including phenoxy) is 2. The maximum absolute atomic E-state index is 11.1. The number of carbonyl (C=O) groups is 1. The standard InChI is InChI=1S/C6H12BNO4/c1-7(10)8-5(4-3-12-4)6(9)11-2/h4-5,8,10H,3H2,1-2H3/t4-,5-/m0/s1. The molecule has 2 N–H and O–H groups in total. The van der Waals surface area contributed by atoms with Gasteiger partial charge >= 0.3 is 13.0 Å². The maximum Gasteiger partial charge on any atom is 0.374 e. The number of hydrogen-bond acceptors (Lipinski definition) is 5. The molecule has 12 heavy (non-hydrogen) atoms. The number of nitrogens with one attached hydrogen (secondary N) is 1. The minimum Gasteiger partial charge on any atom is -0.468 e. The van der Waals surface area contributed by atoms with Crippen molar-refractivity contribution in [1.82, 2.24) is 5.23 Å². The van der Waals surface area contributed by atoms with E-state index in [1.54, 1.807) is 6.82 Å². The van der Waals surface area contributed by atoms with Crippen molar-refractivity contribution >= 4 is 13.0 Å². The Bertz CT molecular complexity index is 171. The second-order valence-electron chi connectivity index (χ2n) is 2.72. The van der Waals surface area contributed by atoms with Crippen molar-refractivity contribution < 1.29 is 19.3 Å². The molecule has 68 valence electrons. The second-order valence-corrected chi connectivity index (χ2v) is 2.72. The molecule has 0 spiro atoms. The molecule has 0 aromatic rings. The minimum atomic E-state index is -0.738. The predicted molar refractivity (Wildman–Crippen MR) is 42.5 cm³/mol. The highest BCUT2D eigenvalue weighted by molar-refractivity contribution is 6.46. The quantitative estimate of drug-likeness (QED) is 0.311. The van der Waals surface area contributed by atoms with Gasteiger partial charge in [0.1, 0.15) is 12.1 Å². The van der Waals surface area contributed by atoms with Crippen LogP contribution in [0.3, 0.4) is 0 Å². The van der Waals surface area contributed by atoms with Gasteiger partial charge in [-0.2, -0.15) is 0 Å². The third-order valence-electron chi connectivity index (χ3n) is 1.61. The number of hydrogen-bond donors (Lipinski definition) is 2. The Morgan fingerprint density at radius 2 is 2.50 bits per heavy atom. The zero-order valence-electron chi connectivity index (χ0n) is 7.11. The molecule has 1 fully saturated rings. The summed E-state index contributed by atoms with van der Waals surface area (Å²) in [6.45, 7) is 2.08. The van der Waals surface area contributed by atoms with Crippen LogP contribution in [-0.4, -0.2) is 43.9 Å². The highest BCUT2D eigenvalue weighted by Crippen LogP contribution is 2.15. The van der Waals surface area contributed by atoms with E-state index in [1.165, 1.54) is 7.11 Å². The molecule has 0 bridgehead atoms. The molecule has 0 amide bonds. The van der Waals surface area contributed by atoms with Gasteiger partial charge in [-0.15, -0.1) is 0 Å². The fraction of sp³-hybridized carbons (Fsp3) is 0.833. The first-order valence-electron chi connectivity index (χ1n) is 3.78. The summed E-state index contributed by atoms with van der Waals surface area (Å²) in [5, 5.41) is 11.6. The molecule has 0 unspecified atom stereocenters. The van der Waals surface area contributed by atoms with Crippen molar-refractivity contribution in [1.29, 1.82) is 0 Å². The Morgan fingerprint density at radius 1 is 1.92 bits per heavy atom. The number of esters is 1. The van der Waals surface area contributed by atoms with E-state index in [9.17, 15) is 4.79 Å². The van der Waals surface area contributed by atoms with E-state index in [1.807, 2.05) is 0 Å². The number of methoxy groups -OCH3 is 1. The van der Waals surface area contributed by atoms with Gasteiger partial charge in [0.15, 0.2) is 0 Å². The van der Waals surface area contributed by atoms with E-state index in [0.29, 0.717) is 6.61 Å². The highest BCUT2D eigenvalue weighted by Gasteiger charge is 2.39. The maximum atomic E-state index is 11.1. The largest absolute Gasteiger partial charge is 0.468 e. The first-order chi connectivity index (χ1) is 5.65. The normalized spacial score (nSPS) is 23.1. The smallest absolute Gasteiger partial charge is 0.374 e. The van der Waals surface area contributed by atoms with Gasteiger partial charge in [0.25, 0.3) is 0 Å². The molecule has 5 nitrogen and oxygen atoms in total. The van der Waals surface area contributed by atoms with Crippen LogP contribution in [0.15, 0.2) is 0 Å². The molecule has 1 rings (SSSR count). The summed E-state index contributed by atoms with van der Waals surface area (Å²) in [6.07, 6.45) is -0.146. The summed E-state index contributed by atoms with van der Waals surface area (Å²) in [7, 11) is 0.569. The molecule has 2 atom stereocenters. The fourth-order valence-corrected chi connectivity index (χ4v) is 0.962. The lowest BCUT2D eigenvalue weighted by Crippen LogP contribution is -2.48. The highest BCUT2D eigenvalue weighted by atomic mass is 16.6. The predicted octanol–water partition coefficient (Wildman–Crippen LogP) is -1.37. The Hall–Kier alpha value is -0.585. The lowest BCUT2D eigenvalue weighted by Gasteiger charge is -2.13. The molecule has 1 aliphatic heterocycles. The van der Waals surface area contributed by atoms with E-state index < -0.39 is 19.1 Å². The Labute approximate surface area is 71.2 Å². The first kappa shape index (κ1) is 9.50. The Kier molecular flexibility index (Phi) is 3.08. The van der Waals surface area contributed by atoms with Crippen molar-refractivity contribution in [2.24, 2.45) is 0 Å². The molecule has 1 saturated heterocycles. The molecule has 1 aliphatic rings. The fourth-order valence-electron chi connectivity index (χ4n) is 0.962. The summed E-state index contributed by atoms with van der Waals surface area (Å²) in [5.41, 5.74) is 0. The van der Waals surface area contributed by atoms with Gasteiger partial charge in [0.2, 0.25) is 0 Å². The van der Waals surface area contributed by atoms with Crippen LogP contribution >= 0.6 is 0 Å². The van der Waals surface area contributed by atoms with Crippen LogP contribution in [0.4, 0.5) is 0 Å². The summed E-state index contributed by atoms with van der Waals surface area (Å²) in [6, 6.07) is -0.546. The zero-order valence-corrected chi connectivity index (χ0v) is 7.11. The van der Waals surface area contributed by atoms with Gasteiger partial charge in [-0.3, -0.25) is 4.79 Å². The van der Waals surface area contributed by atoms with E-state index in [-0.39, 0.29) is 6.10 Å². The van der Waals surface area contributed by atoms with Crippen LogP contribution in [0.2, 0.25) is 6.82 Å². The molecule has 0 aromatic heterocycles. The van der Waals surface area contributed by atoms with Gasteiger partial charge in [0.05, 0.1) is 13.7 Å². The molecule has 0 saturated carbocycles. The number of carbonyl (C=O) groups excluding carboxylic acids is 1. The van der Waals surface area contributed by atoms with Crippen LogP contribution in [0.1, 0.15) is 0 Å². The molecular weight excluding hydrogens is 161 g/mol. The van der Waals surface area contributed by atoms with Gasteiger partial charge in [-0.25, -0.2) is 0 Å². The average Bonchev–Trinajstić information content (AvgIpc) is 2.81. The van der Waals surface area contributed by atoms with Gasteiger partial charge in [-0.1, -0.05) is 0 Å². The van der Waals surface area contributed by atoms with Crippen LogP contribution in [-0.2, 0) is 14.3 Å². The van der Waals surface area contributed by atoms with E-state index >= 15 is 0 Å². The van der Waals surface area contributed by atoms with Crippen molar-refractivity contribution in [3.8, 4) is 0 Å². The Balaban J connectivity index is 2.42. The topological polar surface area (TPSA) is 71.1 Å². The van der Waals surface area contributed by atoms with Gasteiger partial charge in [0, 0.05) is 0 Å². The van der Waals surface area contributed by atoms with Crippen molar-refractivity contribution in [3.05, 3.63) is 0 Å². The van der Waals surface area contributed by atoms with Crippen molar-refractivity contribution in [2.75, 3.05) is 13.7 Å².